The van der Waals surface area contributed by atoms with Crippen molar-refractivity contribution in [2.24, 2.45) is 7.05 Å². The van der Waals surface area contributed by atoms with E-state index in [1.165, 1.54) is 5.69 Å². The minimum absolute atomic E-state index is 0.802. The lowest BCUT2D eigenvalue weighted by Crippen LogP contribution is -2.46. The fourth-order valence-electron chi connectivity index (χ4n) is 3.12. The van der Waals surface area contributed by atoms with E-state index in [0.29, 0.717) is 0 Å². The van der Waals surface area contributed by atoms with E-state index in [4.69, 9.17) is 0 Å². The van der Waals surface area contributed by atoms with E-state index >= 15 is 0 Å². The largest absolute Gasteiger partial charge is 0.368 e. The van der Waals surface area contributed by atoms with Crippen molar-refractivity contribution in [3.05, 3.63) is 30.1 Å². The highest BCUT2D eigenvalue weighted by molar-refractivity contribution is 5.89. The lowest BCUT2D eigenvalue weighted by Gasteiger charge is -2.35. The standard InChI is InChI=1S/C15H20N8/c1-11-18-14(20-19-11)10-22-5-7-23(8-6-22)13-3-4-16-15-12(13)9-17-21(15)2/h3-4,9H,5-8,10H2,1-2H3,(H,18,19,20). The zero-order chi connectivity index (χ0) is 15.8. The van der Waals surface area contributed by atoms with E-state index in [-0.39, 0.29) is 0 Å². The quantitative estimate of drug-likeness (QED) is 0.767. The molecular formula is C15H20N8. The Labute approximate surface area is 134 Å². The number of pyridine rings is 1. The van der Waals surface area contributed by atoms with Crippen molar-refractivity contribution in [1.29, 1.82) is 0 Å². The Balaban J connectivity index is 1.46. The topological polar surface area (TPSA) is 78.8 Å². The molecule has 1 aliphatic heterocycles. The predicted molar refractivity (Wildman–Crippen MR) is 87.1 cm³/mol. The van der Waals surface area contributed by atoms with Gasteiger partial charge in [0.15, 0.2) is 11.5 Å². The normalized spacial score (nSPS) is 16.3. The number of H-pyrrole nitrogens is 1. The third-order valence-corrected chi connectivity index (χ3v) is 4.33. The molecule has 1 aliphatic rings. The molecule has 0 bridgehead atoms. The first-order valence-corrected chi connectivity index (χ1v) is 7.82. The minimum Gasteiger partial charge on any atom is -0.368 e. The maximum Gasteiger partial charge on any atom is 0.164 e. The molecule has 120 valence electrons. The van der Waals surface area contributed by atoms with Crippen LogP contribution >= 0.6 is 0 Å². The van der Waals surface area contributed by atoms with E-state index in [2.05, 4.69) is 41.1 Å². The van der Waals surface area contributed by atoms with Crippen LogP contribution in [0.1, 0.15) is 11.6 Å². The van der Waals surface area contributed by atoms with Crippen LogP contribution in [-0.4, -0.2) is 61.0 Å². The first kappa shape index (κ1) is 14.1. The summed E-state index contributed by atoms with van der Waals surface area (Å²) in [5.41, 5.74) is 2.15. The summed E-state index contributed by atoms with van der Waals surface area (Å²) < 4.78 is 1.82. The summed E-state index contributed by atoms with van der Waals surface area (Å²) in [7, 11) is 1.93. The molecule has 0 unspecified atom stereocenters. The van der Waals surface area contributed by atoms with Gasteiger partial charge in [-0.15, -0.1) is 0 Å². The summed E-state index contributed by atoms with van der Waals surface area (Å²) in [4.78, 5) is 13.6. The number of piperazine rings is 1. The Morgan fingerprint density at radius 2 is 2.04 bits per heavy atom. The average Bonchev–Trinajstić information content (AvgIpc) is 3.14. The van der Waals surface area contributed by atoms with Gasteiger partial charge in [0.25, 0.3) is 0 Å². The fourth-order valence-corrected chi connectivity index (χ4v) is 3.12. The molecule has 8 nitrogen and oxygen atoms in total. The second-order valence-electron chi connectivity index (χ2n) is 5.94. The molecule has 4 rings (SSSR count). The van der Waals surface area contributed by atoms with Crippen LogP contribution in [0.2, 0.25) is 0 Å². The van der Waals surface area contributed by atoms with E-state index in [1.807, 2.05) is 31.0 Å². The third kappa shape index (κ3) is 2.65. The molecule has 1 saturated heterocycles. The number of hydrogen-bond donors (Lipinski definition) is 1. The summed E-state index contributed by atoms with van der Waals surface area (Å²) in [6.45, 7) is 6.69. The van der Waals surface area contributed by atoms with Gasteiger partial charge in [-0.3, -0.25) is 14.7 Å². The van der Waals surface area contributed by atoms with Crippen molar-refractivity contribution in [3.63, 3.8) is 0 Å². The molecule has 4 heterocycles. The van der Waals surface area contributed by atoms with Gasteiger partial charge in [-0.1, -0.05) is 0 Å². The SMILES string of the molecule is Cc1nc(CN2CCN(c3ccnc4c3cnn4C)CC2)n[nH]1. The van der Waals surface area contributed by atoms with E-state index in [1.54, 1.807) is 0 Å². The smallest absolute Gasteiger partial charge is 0.164 e. The summed E-state index contributed by atoms with van der Waals surface area (Å²) in [5, 5.41) is 12.6. The Bertz CT molecular complexity index is 812. The summed E-state index contributed by atoms with van der Waals surface area (Å²) in [6, 6.07) is 2.08. The Kier molecular flexibility index (Phi) is 3.45. The Morgan fingerprint density at radius 3 is 2.78 bits per heavy atom. The first-order valence-electron chi connectivity index (χ1n) is 7.82. The van der Waals surface area contributed by atoms with Gasteiger partial charge in [-0.2, -0.15) is 10.2 Å². The molecule has 8 heteroatoms. The van der Waals surface area contributed by atoms with Crippen molar-refractivity contribution in [3.8, 4) is 0 Å². The summed E-state index contributed by atoms with van der Waals surface area (Å²) in [6.07, 6.45) is 3.77. The number of aromatic nitrogens is 6. The number of anilines is 1. The molecule has 3 aromatic rings. The monoisotopic (exact) mass is 312 g/mol. The zero-order valence-electron chi connectivity index (χ0n) is 13.4. The number of aromatic amines is 1. The van der Waals surface area contributed by atoms with E-state index in [9.17, 15) is 0 Å². The highest BCUT2D eigenvalue weighted by Crippen LogP contribution is 2.25. The maximum atomic E-state index is 4.41. The van der Waals surface area contributed by atoms with Gasteiger partial charge in [-0.05, 0) is 13.0 Å². The van der Waals surface area contributed by atoms with Gasteiger partial charge in [0.1, 0.15) is 5.82 Å². The van der Waals surface area contributed by atoms with Crippen molar-refractivity contribution < 1.29 is 0 Å². The van der Waals surface area contributed by atoms with Crippen molar-refractivity contribution in [2.45, 2.75) is 13.5 Å². The van der Waals surface area contributed by atoms with Gasteiger partial charge in [0, 0.05) is 39.4 Å². The highest BCUT2D eigenvalue weighted by atomic mass is 15.3. The van der Waals surface area contributed by atoms with Crippen LogP contribution in [0.4, 0.5) is 5.69 Å². The molecule has 0 aliphatic carbocycles. The molecule has 0 saturated carbocycles. The van der Waals surface area contributed by atoms with Crippen LogP contribution in [0, 0.1) is 6.92 Å². The van der Waals surface area contributed by atoms with Crippen molar-refractivity contribution in [2.75, 3.05) is 31.1 Å². The Morgan fingerprint density at radius 1 is 1.22 bits per heavy atom. The van der Waals surface area contributed by atoms with Gasteiger partial charge in [0.2, 0.25) is 0 Å². The number of aryl methyl sites for hydroxylation is 2. The van der Waals surface area contributed by atoms with Crippen LogP contribution in [0.15, 0.2) is 18.5 Å². The van der Waals surface area contributed by atoms with Gasteiger partial charge < -0.3 is 4.90 Å². The van der Waals surface area contributed by atoms with Crippen LogP contribution in [0.25, 0.3) is 11.0 Å². The summed E-state index contributed by atoms with van der Waals surface area (Å²) >= 11 is 0. The Hall–Kier alpha value is -2.48. The third-order valence-electron chi connectivity index (χ3n) is 4.33. The number of hydrogen-bond acceptors (Lipinski definition) is 6. The van der Waals surface area contributed by atoms with Gasteiger partial charge >= 0.3 is 0 Å². The van der Waals surface area contributed by atoms with E-state index in [0.717, 1.165) is 55.4 Å². The lowest BCUT2D eigenvalue weighted by molar-refractivity contribution is 0.244. The van der Waals surface area contributed by atoms with Crippen molar-refractivity contribution in [1.82, 2.24) is 34.8 Å². The predicted octanol–water partition coefficient (Wildman–Crippen LogP) is 0.717. The molecule has 0 amide bonds. The van der Waals surface area contributed by atoms with Crippen LogP contribution in [-0.2, 0) is 13.6 Å². The summed E-state index contributed by atoms with van der Waals surface area (Å²) in [5.74, 6) is 1.74. The molecule has 0 atom stereocenters. The zero-order valence-corrected chi connectivity index (χ0v) is 13.4. The van der Waals surface area contributed by atoms with Crippen LogP contribution in [0.3, 0.4) is 0 Å². The molecule has 23 heavy (non-hydrogen) atoms. The second-order valence-corrected chi connectivity index (χ2v) is 5.94. The lowest BCUT2D eigenvalue weighted by atomic mass is 10.2. The van der Waals surface area contributed by atoms with Crippen LogP contribution < -0.4 is 4.90 Å². The maximum absolute atomic E-state index is 4.41. The average molecular weight is 312 g/mol. The van der Waals surface area contributed by atoms with Gasteiger partial charge in [0.05, 0.1) is 23.8 Å². The molecule has 1 fully saturated rings. The molecule has 0 radical (unpaired) electrons. The first-order chi connectivity index (χ1) is 11.2. The molecule has 1 N–H and O–H groups in total. The van der Waals surface area contributed by atoms with Crippen LogP contribution in [0.5, 0.6) is 0 Å². The fraction of sp³-hybridized carbons (Fsp3) is 0.467. The number of fused-ring (bicyclic) bond motifs is 1. The molecule has 0 spiro atoms. The second kappa shape index (κ2) is 5.62. The number of nitrogens with one attached hydrogen (secondary N) is 1. The minimum atomic E-state index is 0.802. The number of rotatable bonds is 3. The highest BCUT2D eigenvalue weighted by Gasteiger charge is 2.20. The molecular weight excluding hydrogens is 292 g/mol. The van der Waals surface area contributed by atoms with E-state index < -0.39 is 0 Å². The molecule has 0 aromatic carbocycles. The van der Waals surface area contributed by atoms with Crippen molar-refractivity contribution >= 4 is 16.7 Å². The molecule has 3 aromatic heterocycles. The van der Waals surface area contributed by atoms with Gasteiger partial charge in [-0.25, -0.2) is 9.97 Å². The number of nitrogens with zero attached hydrogens (tertiary/aromatic N) is 7.